The summed E-state index contributed by atoms with van der Waals surface area (Å²) in [5, 5.41) is 0. The Morgan fingerprint density at radius 3 is 2.76 bits per heavy atom. The fraction of sp³-hybridized carbons (Fsp3) is 0.474. The zero-order chi connectivity index (χ0) is 18.2. The largest absolute Gasteiger partial charge is 0.443 e. The first-order valence-electron chi connectivity index (χ1n) is 8.36. The maximum absolute atomic E-state index is 13.5. The molecule has 1 aromatic carbocycles. The normalized spacial score (nSPS) is 20.1. The fourth-order valence-electron chi connectivity index (χ4n) is 3.25. The molecule has 0 fully saturated rings. The number of halogens is 1. The van der Waals surface area contributed by atoms with Crippen molar-refractivity contribution in [2.24, 2.45) is 0 Å². The number of ketones is 1. The topological polar surface area (TPSA) is 55.8 Å². The number of ether oxygens (including phenoxy) is 2. The first-order chi connectivity index (χ1) is 11.7. The highest BCUT2D eigenvalue weighted by Gasteiger charge is 2.37. The van der Waals surface area contributed by atoms with Crippen molar-refractivity contribution < 1.29 is 23.5 Å². The number of benzene rings is 1. The van der Waals surface area contributed by atoms with Crippen molar-refractivity contribution >= 4 is 11.9 Å². The second-order valence-corrected chi connectivity index (χ2v) is 7.34. The first kappa shape index (κ1) is 17.6. The third-order valence-electron chi connectivity index (χ3n) is 4.18. The number of carbonyl (C=O) groups is 2. The smallest absolute Gasteiger partial charge is 0.415 e. The van der Waals surface area contributed by atoms with Crippen LogP contribution in [0, 0.1) is 5.82 Å². The van der Waals surface area contributed by atoms with Gasteiger partial charge in [0.1, 0.15) is 18.0 Å². The number of carbonyl (C=O) groups excluding carboxylic acids is 2. The molecule has 1 atom stereocenters. The molecule has 0 N–H and O–H groups in total. The van der Waals surface area contributed by atoms with Gasteiger partial charge in [-0.3, -0.25) is 9.69 Å². The predicted octanol–water partition coefficient (Wildman–Crippen LogP) is 3.53. The van der Waals surface area contributed by atoms with Gasteiger partial charge in [-0.25, -0.2) is 9.18 Å². The summed E-state index contributed by atoms with van der Waals surface area (Å²) in [6, 6.07) is 4.29. The molecule has 134 valence electrons. The molecule has 2 aliphatic rings. The van der Waals surface area contributed by atoms with Crippen LogP contribution in [0.2, 0.25) is 0 Å². The van der Waals surface area contributed by atoms with E-state index in [1.165, 1.54) is 23.1 Å². The monoisotopic (exact) mass is 347 g/mol. The Bertz CT molecular complexity index is 735. The van der Waals surface area contributed by atoms with Gasteiger partial charge in [0.05, 0.1) is 18.3 Å². The highest BCUT2D eigenvalue weighted by atomic mass is 19.1. The molecule has 1 amide bonds. The van der Waals surface area contributed by atoms with E-state index in [0.717, 1.165) is 11.1 Å². The third kappa shape index (κ3) is 3.90. The lowest BCUT2D eigenvalue weighted by molar-refractivity contribution is -0.120. The van der Waals surface area contributed by atoms with Crippen molar-refractivity contribution in [2.45, 2.75) is 45.3 Å². The molecule has 0 saturated heterocycles. The van der Waals surface area contributed by atoms with Gasteiger partial charge in [-0.2, -0.15) is 0 Å². The Labute approximate surface area is 146 Å². The van der Waals surface area contributed by atoms with Gasteiger partial charge >= 0.3 is 6.09 Å². The van der Waals surface area contributed by atoms with Crippen LogP contribution in [0.15, 0.2) is 30.0 Å². The number of hydrogen-bond acceptors (Lipinski definition) is 4. The summed E-state index contributed by atoms with van der Waals surface area (Å²) in [4.78, 5) is 26.1. The summed E-state index contributed by atoms with van der Waals surface area (Å²) < 4.78 is 24.3. The number of rotatable bonds is 2. The van der Waals surface area contributed by atoms with Crippen LogP contribution in [0.4, 0.5) is 9.18 Å². The van der Waals surface area contributed by atoms with E-state index in [4.69, 9.17) is 9.47 Å². The van der Waals surface area contributed by atoms with Crippen molar-refractivity contribution in [3.05, 3.63) is 46.9 Å². The number of nitrogens with zero attached hydrogens (tertiary/aromatic N) is 1. The molecule has 0 aromatic heterocycles. The average Bonchev–Trinajstić information content (AvgIpc) is 2.88. The van der Waals surface area contributed by atoms with Crippen molar-refractivity contribution in [3.8, 4) is 0 Å². The van der Waals surface area contributed by atoms with Gasteiger partial charge in [0.25, 0.3) is 0 Å². The van der Waals surface area contributed by atoms with Gasteiger partial charge in [-0.05, 0) is 56.9 Å². The Kier molecular flexibility index (Phi) is 4.64. The molecule has 1 heterocycles. The molecule has 0 radical (unpaired) electrons. The second-order valence-electron chi connectivity index (χ2n) is 7.34. The molecular formula is C19H22FNO4. The van der Waals surface area contributed by atoms with E-state index in [2.05, 4.69) is 0 Å². The first-order valence-corrected chi connectivity index (χ1v) is 8.36. The Balaban J connectivity index is 1.98. The van der Waals surface area contributed by atoms with Crippen molar-refractivity contribution in [2.75, 3.05) is 13.2 Å². The highest BCUT2D eigenvalue weighted by Crippen LogP contribution is 2.39. The minimum atomic E-state index is -0.667. The Hall–Kier alpha value is -2.21. The van der Waals surface area contributed by atoms with Crippen LogP contribution in [-0.4, -0.2) is 35.6 Å². The predicted molar refractivity (Wildman–Crippen MR) is 89.4 cm³/mol. The van der Waals surface area contributed by atoms with Crippen molar-refractivity contribution in [3.63, 3.8) is 0 Å². The van der Waals surface area contributed by atoms with Gasteiger partial charge in [0.2, 0.25) is 0 Å². The average molecular weight is 347 g/mol. The molecule has 3 rings (SSSR count). The van der Waals surface area contributed by atoms with Crippen molar-refractivity contribution in [1.82, 2.24) is 4.90 Å². The molecule has 0 saturated carbocycles. The third-order valence-corrected chi connectivity index (χ3v) is 4.18. The minimum Gasteiger partial charge on any atom is -0.443 e. The summed E-state index contributed by atoms with van der Waals surface area (Å²) in [6.07, 6.45) is 2.22. The minimum absolute atomic E-state index is 0.0120. The molecule has 1 aromatic rings. The fourth-order valence-corrected chi connectivity index (χ4v) is 3.25. The molecular weight excluding hydrogens is 325 g/mol. The van der Waals surface area contributed by atoms with E-state index in [-0.39, 0.29) is 30.9 Å². The SMILES string of the molecule is CC(C)(C)OC(=O)N(C1=CC(=O)COC1)C1CCc2cc(F)ccc21. The standard InChI is InChI=1S/C19H22FNO4/c1-19(2,3)25-18(23)21(14-9-15(22)11-24-10-14)17-7-4-12-8-13(20)5-6-16(12)17/h5-6,8-9,17H,4,7,10-11H2,1-3H3. The van der Waals surface area contributed by atoms with Gasteiger partial charge in [-0.1, -0.05) is 6.07 Å². The molecule has 1 aliphatic heterocycles. The zero-order valence-corrected chi connectivity index (χ0v) is 14.7. The zero-order valence-electron chi connectivity index (χ0n) is 14.7. The maximum atomic E-state index is 13.5. The van der Waals surface area contributed by atoms with E-state index >= 15 is 0 Å². The van der Waals surface area contributed by atoms with Crippen LogP contribution in [0.25, 0.3) is 0 Å². The number of hydrogen-bond donors (Lipinski definition) is 0. The maximum Gasteiger partial charge on any atom is 0.415 e. The molecule has 25 heavy (non-hydrogen) atoms. The number of fused-ring (bicyclic) bond motifs is 1. The molecule has 0 spiro atoms. The van der Waals surface area contributed by atoms with Gasteiger partial charge in [0.15, 0.2) is 5.78 Å². The lowest BCUT2D eigenvalue weighted by Crippen LogP contribution is -2.40. The number of aryl methyl sites for hydroxylation is 1. The van der Waals surface area contributed by atoms with E-state index in [0.29, 0.717) is 18.5 Å². The summed E-state index contributed by atoms with van der Waals surface area (Å²) in [5.41, 5.74) is 1.57. The van der Waals surface area contributed by atoms with Crippen LogP contribution in [0.1, 0.15) is 44.4 Å². The summed E-state index contributed by atoms with van der Waals surface area (Å²) in [5.74, 6) is -0.481. The van der Waals surface area contributed by atoms with E-state index in [1.54, 1.807) is 26.8 Å². The summed E-state index contributed by atoms with van der Waals surface area (Å²) in [6.45, 7) is 5.55. The van der Waals surface area contributed by atoms with Gasteiger partial charge < -0.3 is 9.47 Å². The molecule has 1 aliphatic carbocycles. The van der Waals surface area contributed by atoms with E-state index < -0.39 is 11.7 Å². The summed E-state index contributed by atoms with van der Waals surface area (Å²) >= 11 is 0. The summed E-state index contributed by atoms with van der Waals surface area (Å²) in [7, 11) is 0. The van der Waals surface area contributed by atoms with Crippen molar-refractivity contribution in [1.29, 1.82) is 0 Å². The van der Waals surface area contributed by atoms with E-state index in [9.17, 15) is 14.0 Å². The molecule has 5 nitrogen and oxygen atoms in total. The molecule has 0 bridgehead atoms. The second kappa shape index (κ2) is 6.59. The lowest BCUT2D eigenvalue weighted by atomic mass is 10.1. The van der Waals surface area contributed by atoms with E-state index in [1.807, 2.05) is 0 Å². The van der Waals surface area contributed by atoms with Crippen LogP contribution in [-0.2, 0) is 20.7 Å². The van der Waals surface area contributed by atoms with Gasteiger partial charge in [0, 0.05) is 6.08 Å². The Morgan fingerprint density at radius 1 is 1.32 bits per heavy atom. The highest BCUT2D eigenvalue weighted by molar-refractivity contribution is 5.92. The molecule has 6 heteroatoms. The van der Waals surface area contributed by atoms with Crippen LogP contribution in [0.3, 0.4) is 0 Å². The van der Waals surface area contributed by atoms with Crippen LogP contribution < -0.4 is 0 Å². The quantitative estimate of drug-likeness (QED) is 0.821. The van der Waals surface area contributed by atoms with Crippen LogP contribution >= 0.6 is 0 Å². The number of amides is 1. The van der Waals surface area contributed by atoms with Crippen LogP contribution in [0.5, 0.6) is 0 Å². The van der Waals surface area contributed by atoms with Gasteiger partial charge in [-0.15, -0.1) is 0 Å². The molecule has 1 unspecified atom stereocenters. The lowest BCUT2D eigenvalue weighted by Gasteiger charge is -2.34. The Morgan fingerprint density at radius 2 is 2.08 bits per heavy atom.